The van der Waals surface area contributed by atoms with Crippen molar-refractivity contribution in [3.8, 4) is 17.3 Å². The van der Waals surface area contributed by atoms with E-state index in [1.54, 1.807) is 35.3 Å². The van der Waals surface area contributed by atoms with Crippen molar-refractivity contribution in [3.63, 3.8) is 0 Å². The number of nitrogens with zero attached hydrogens (tertiary/aromatic N) is 3. The number of urea groups is 1. The number of aromatic nitrogens is 3. The summed E-state index contributed by atoms with van der Waals surface area (Å²) in [5, 5.41) is 10.2. The maximum absolute atomic E-state index is 12.4. The third-order valence-electron chi connectivity index (χ3n) is 4.16. The van der Waals surface area contributed by atoms with Gasteiger partial charge in [-0.1, -0.05) is 35.9 Å². The minimum absolute atomic E-state index is 0.313. The molecule has 2 aromatic carbocycles. The molecule has 4 aromatic rings. The lowest BCUT2D eigenvalue weighted by molar-refractivity contribution is 0.251. The number of hydrogen-bond donors (Lipinski definition) is 2. The Morgan fingerprint density at radius 2 is 1.93 bits per heavy atom. The molecule has 7 nitrogen and oxygen atoms in total. The lowest BCUT2D eigenvalue weighted by Gasteiger charge is -2.13. The molecule has 2 N–H and O–H groups in total. The van der Waals surface area contributed by atoms with Gasteiger partial charge in [-0.2, -0.15) is 5.10 Å². The Morgan fingerprint density at radius 3 is 2.67 bits per heavy atom. The van der Waals surface area contributed by atoms with Gasteiger partial charge in [-0.05, 0) is 48.0 Å². The predicted octanol–water partition coefficient (Wildman–Crippen LogP) is 5.03. The Bertz CT molecular complexity index is 1120. The van der Waals surface area contributed by atoms with Crippen LogP contribution in [0, 0.1) is 0 Å². The lowest BCUT2D eigenvalue weighted by atomic mass is 10.2. The maximum atomic E-state index is 12.4. The number of carbonyl (C=O) groups is 1. The first-order valence-electron chi connectivity index (χ1n) is 9.20. The summed E-state index contributed by atoms with van der Waals surface area (Å²) in [5.74, 6) is 1.85. The number of para-hydroxylation sites is 1. The molecule has 150 valence electrons. The summed E-state index contributed by atoms with van der Waals surface area (Å²) in [4.78, 5) is 16.7. The van der Waals surface area contributed by atoms with Gasteiger partial charge in [0.25, 0.3) is 0 Å². The highest BCUT2D eigenvalue weighted by Gasteiger charge is 2.10. The number of amides is 2. The highest BCUT2D eigenvalue weighted by Crippen LogP contribution is 2.31. The number of carbonyl (C=O) groups excluding carboxylic acids is 1. The van der Waals surface area contributed by atoms with Gasteiger partial charge in [-0.25, -0.2) is 14.5 Å². The first kappa shape index (κ1) is 19.5. The van der Waals surface area contributed by atoms with Crippen LogP contribution in [0.4, 0.5) is 10.5 Å². The first-order valence-corrected chi connectivity index (χ1v) is 9.57. The van der Waals surface area contributed by atoms with Crippen molar-refractivity contribution in [2.24, 2.45) is 0 Å². The van der Waals surface area contributed by atoms with E-state index >= 15 is 0 Å². The van der Waals surface area contributed by atoms with Gasteiger partial charge in [0, 0.05) is 30.2 Å². The summed E-state index contributed by atoms with van der Waals surface area (Å²) in [6.45, 7) is 0.313. The molecule has 0 aliphatic rings. The van der Waals surface area contributed by atoms with Crippen molar-refractivity contribution in [2.75, 3.05) is 5.32 Å². The van der Waals surface area contributed by atoms with E-state index in [4.69, 9.17) is 16.3 Å². The van der Waals surface area contributed by atoms with E-state index in [1.807, 2.05) is 54.7 Å². The number of benzene rings is 2. The molecule has 30 heavy (non-hydrogen) atoms. The van der Waals surface area contributed by atoms with Crippen molar-refractivity contribution < 1.29 is 9.53 Å². The molecule has 2 amide bonds. The Balaban J connectivity index is 1.38. The second kappa shape index (κ2) is 9.11. The van der Waals surface area contributed by atoms with Crippen LogP contribution < -0.4 is 15.4 Å². The van der Waals surface area contributed by atoms with Gasteiger partial charge in [0.1, 0.15) is 5.75 Å². The summed E-state index contributed by atoms with van der Waals surface area (Å²) in [6, 6.07) is 19.5. The topological polar surface area (TPSA) is 81.1 Å². The van der Waals surface area contributed by atoms with E-state index in [0.717, 1.165) is 5.56 Å². The quantitative estimate of drug-likeness (QED) is 0.459. The molecule has 0 atom stereocenters. The number of pyridine rings is 1. The fraction of sp³-hybridized carbons (Fsp3) is 0.0455. The van der Waals surface area contributed by atoms with E-state index in [0.29, 0.717) is 34.6 Å². The Labute approximate surface area is 178 Å². The SMILES string of the molecule is O=C(NCc1ccc(-n2cccn2)nc1)Nc1cc(Cl)ccc1Oc1ccccc1. The van der Waals surface area contributed by atoms with Crippen molar-refractivity contribution in [2.45, 2.75) is 6.54 Å². The highest BCUT2D eigenvalue weighted by molar-refractivity contribution is 6.31. The van der Waals surface area contributed by atoms with Gasteiger partial charge in [-0.3, -0.25) is 0 Å². The van der Waals surface area contributed by atoms with Gasteiger partial charge in [0.05, 0.1) is 5.69 Å². The van der Waals surface area contributed by atoms with E-state index < -0.39 is 0 Å². The smallest absolute Gasteiger partial charge is 0.319 e. The van der Waals surface area contributed by atoms with Crippen LogP contribution in [0.15, 0.2) is 85.3 Å². The lowest BCUT2D eigenvalue weighted by Crippen LogP contribution is -2.28. The monoisotopic (exact) mass is 419 g/mol. The molecule has 0 bridgehead atoms. The van der Waals surface area contributed by atoms with Crippen LogP contribution in [0.3, 0.4) is 0 Å². The van der Waals surface area contributed by atoms with Gasteiger partial charge < -0.3 is 15.4 Å². The molecular formula is C22H18ClN5O2. The van der Waals surface area contributed by atoms with Crippen molar-refractivity contribution in [3.05, 3.63) is 95.9 Å². The van der Waals surface area contributed by atoms with Crippen molar-refractivity contribution in [1.82, 2.24) is 20.1 Å². The average Bonchev–Trinajstić information content (AvgIpc) is 3.30. The number of ether oxygens (including phenoxy) is 1. The highest BCUT2D eigenvalue weighted by atomic mass is 35.5. The van der Waals surface area contributed by atoms with Crippen molar-refractivity contribution >= 4 is 23.3 Å². The van der Waals surface area contributed by atoms with Gasteiger partial charge in [0.2, 0.25) is 0 Å². The minimum atomic E-state index is -0.383. The summed E-state index contributed by atoms with van der Waals surface area (Å²) in [6.07, 6.45) is 5.20. The molecule has 0 spiro atoms. The van der Waals surface area contributed by atoms with Crippen LogP contribution in [0.1, 0.15) is 5.56 Å². The number of nitrogens with one attached hydrogen (secondary N) is 2. The Kier molecular flexibility index (Phi) is 5.91. The van der Waals surface area contributed by atoms with Crippen molar-refractivity contribution in [1.29, 1.82) is 0 Å². The Morgan fingerprint density at radius 1 is 1.07 bits per heavy atom. The standard InChI is InChI=1S/C22H18ClN5O2/c23-17-8-9-20(30-18-5-2-1-3-6-18)19(13-17)27-22(29)25-15-16-7-10-21(24-14-16)28-12-4-11-26-28/h1-14H,15H2,(H2,25,27,29). The fourth-order valence-electron chi connectivity index (χ4n) is 2.71. The van der Waals surface area contributed by atoms with Crippen LogP contribution >= 0.6 is 11.6 Å². The fourth-order valence-corrected chi connectivity index (χ4v) is 2.89. The molecule has 0 saturated carbocycles. The minimum Gasteiger partial charge on any atom is -0.455 e. The molecule has 0 aliphatic carbocycles. The molecule has 0 aliphatic heterocycles. The normalized spacial score (nSPS) is 10.4. The average molecular weight is 420 g/mol. The van der Waals surface area contributed by atoms with E-state index in [1.165, 1.54) is 0 Å². The zero-order valence-electron chi connectivity index (χ0n) is 15.8. The first-order chi connectivity index (χ1) is 14.7. The second-order valence-electron chi connectivity index (χ2n) is 6.34. The molecule has 0 unspecified atom stereocenters. The molecule has 2 aromatic heterocycles. The van der Waals surface area contributed by atoms with Crippen LogP contribution in [-0.2, 0) is 6.54 Å². The second-order valence-corrected chi connectivity index (χ2v) is 6.77. The molecule has 0 radical (unpaired) electrons. The maximum Gasteiger partial charge on any atom is 0.319 e. The number of anilines is 1. The van der Waals surface area contributed by atoms with Crippen LogP contribution in [0.25, 0.3) is 5.82 Å². The third-order valence-corrected chi connectivity index (χ3v) is 4.40. The summed E-state index contributed by atoms with van der Waals surface area (Å²) >= 11 is 6.09. The molecule has 0 saturated heterocycles. The van der Waals surface area contributed by atoms with Crippen LogP contribution in [-0.4, -0.2) is 20.8 Å². The van der Waals surface area contributed by atoms with E-state index in [9.17, 15) is 4.79 Å². The molecule has 8 heteroatoms. The van der Waals surface area contributed by atoms with E-state index in [2.05, 4.69) is 20.7 Å². The summed E-state index contributed by atoms with van der Waals surface area (Å²) < 4.78 is 7.52. The van der Waals surface area contributed by atoms with Gasteiger partial charge in [-0.15, -0.1) is 0 Å². The third kappa shape index (κ3) is 4.95. The van der Waals surface area contributed by atoms with E-state index in [-0.39, 0.29) is 6.03 Å². The number of halogens is 1. The zero-order valence-corrected chi connectivity index (χ0v) is 16.6. The largest absolute Gasteiger partial charge is 0.455 e. The summed E-state index contributed by atoms with van der Waals surface area (Å²) in [7, 11) is 0. The predicted molar refractivity (Wildman–Crippen MR) is 115 cm³/mol. The number of hydrogen-bond acceptors (Lipinski definition) is 4. The van der Waals surface area contributed by atoms with Crippen LogP contribution in [0.5, 0.6) is 11.5 Å². The van der Waals surface area contributed by atoms with Gasteiger partial charge in [0.15, 0.2) is 11.6 Å². The molecule has 0 fully saturated rings. The zero-order chi connectivity index (χ0) is 20.8. The molecule has 4 rings (SSSR count). The molecular weight excluding hydrogens is 402 g/mol. The molecule has 2 heterocycles. The van der Waals surface area contributed by atoms with Crippen LogP contribution in [0.2, 0.25) is 5.02 Å². The summed E-state index contributed by atoms with van der Waals surface area (Å²) in [5.41, 5.74) is 1.32. The Hall–Kier alpha value is -3.84. The van der Waals surface area contributed by atoms with Gasteiger partial charge >= 0.3 is 6.03 Å². The number of rotatable bonds is 6.